The van der Waals surface area contributed by atoms with Crippen LogP contribution in [0.2, 0.25) is 5.02 Å². The van der Waals surface area contributed by atoms with Crippen LogP contribution in [0.4, 0.5) is 5.69 Å². The molecular weight excluding hydrogens is 304 g/mol. The van der Waals surface area contributed by atoms with Crippen LogP contribution in [0.15, 0.2) is 41.0 Å². The normalized spacial score (nSPS) is 10.3. The predicted octanol–water partition coefficient (Wildman–Crippen LogP) is 3.69. The molecule has 1 N–H and O–H groups in total. The van der Waals surface area contributed by atoms with Crippen molar-refractivity contribution in [3.05, 3.63) is 51.7 Å². The minimum atomic E-state index is -0.152. The molecule has 1 aromatic heterocycles. The summed E-state index contributed by atoms with van der Waals surface area (Å²) < 4.78 is 2.52. The van der Waals surface area contributed by atoms with Gasteiger partial charge >= 0.3 is 0 Å². The van der Waals surface area contributed by atoms with Crippen LogP contribution in [-0.4, -0.2) is 10.5 Å². The van der Waals surface area contributed by atoms with Crippen molar-refractivity contribution in [1.29, 1.82) is 0 Å². The number of hydrogen-bond donors (Lipinski definition) is 1. The van der Waals surface area contributed by atoms with Crippen molar-refractivity contribution < 1.29 is 4.79 Å². The molecule has 2 aromatic rings. The fourth-order valence-electron chi connectivity index (χ4n) is 1.47. The fraction of sp³-hybridized carbons (Fsp3) is 0.0833. The first-order chi connectivity index (χ1) is 8.08. The Morgan fingerprint density at radius 2 is 2.18 bits per heavy atom. The van der Waals surface area contributed by atoms with Gasteiger partial charge in [0.1, 0.15) is 5.69 Å². The number of hydrogen-bond acceptors (Lipinski definition) is 1. The summed E-state index contributed by atoms with van der Waals surface area (Å²) in [5.41, 5.74) is 1.30. The summed E-state index contributed by atoms with van der Waals surface area (Å²) >= 11 is 9.18. The summed E-state index contributed by atoms with van der Waals surface area (Å²) in [5, 5.41) is 3.43. The first-order valence-corrected chi connectivity index (χ1v) is 6.13. The van der Waals surface area contributed by atoms with Gasteiger partial charge in [0, 0.05) is 22.7 Å². The molecule has 1 aromatic carbocycles. The molecule has 0 radical (unpaired) electrons. The zero-order chi connectivity index (χ0) is 12.4. The standard InChI is InChI=1S/C12H10BrClN2O/c1-16-6-2-3-11(16)12(17)15-10-5-4-8(14)7-9(10)13/h2-7H,1H3,(H,15,17). The van der Waals surface area contributed by atoms with Gasteiger partial charge in [-0.1, -0.05) is 11.6 Å². The minimum absolute atomic E-state index is 0.152. The lowest BCUT2D eigenvalue weighted by Crippen LogP contribution is -2.15. The zero-order valence-corrected chi connectivity index (χ0v) is 11.4. The number of carbonyl (C=O) groups is 1. The van der Waals surface area contributed by atoms with Gasteiger partial charge in [0.2, 0.25) is 0 Å². The van der Waals surface area contributed by atoms with Gasteiger partial charge in [-0.2, -0.15) is 0 Å². The quantitative estimate of drug-likeness (QED) is 0.901. The minimum Gasteiger partial charge on any atom is -0.347 e. The molecule has 0 spiro atoms. The Hall–Kier alpha value is -1.26. The van der Waals surface area contributed by atoms with Crippen LogP contribution < -0.4 is 5.32 Å². The molecule has 0 aliphatic heterocycles. The van der Waals surface area contributed by atoms with Crippen LogP contribution in [0.1, 0.15) is 10.5 Å². The van der Waals surface area contributed by atoms with Crippen LogP contribution in [0.3, 0.4) is 0 Å². The molecule has 2 rings (SSSR count). The Labute approximate surface area is 113 Å². The van der Waals surface area contributed by atoms with E-state index in [0.717, 1.165) is 4.47 Å². The van der Waals surface area contributed by atoms with E-state index in [1.165, 1.54) is 0 Å². The largest absolute Gasteiger partial charge is 0.347 e. The number of aryl methyl sites for hydroxylation is 1. The zero-order valence-electron chi connectivity index (χ0n) is 9.08. The molecule has 0 unspecified atom stereocenters. The van der Waals surface area contributed by atoms with Crippen LogP contribution in [0.5, 0.6) is 0 Å². The van der Waals surface area contributed by atoms with Crippen molar-refractivity contribution in [3.8, 4) is 0 Å². The third kappa shape index (κ3) is 2.70. The fourth-order valence-corrected chi connectivity index (χ4v) is 2.26. The third-order valence-electron chi connectivity index (χ3n) is 2.36. The number of nitrogens with zero attached hydrogens (tertiary/aromatic N) is 1. The third-order valence-corrected chi connectivity index (χ3v) is 3.25. The molecule has 0 saturated carbocycles. The molecule has 5 heteroatoms. The Bertz CT molecular complexity index is 565. The number of anilines is 1. The maximum absolute atomic E-state index is 11.9. The molecule has 1 heterocycles. The SMILES string of the molecule is Cn1cccc1C(=O)Nc1ccc(Cl)cc1Br. The van der Waals surface area contributed by atoms with Crippen molar-refractivity contribution in [3.63, 3.8) is 0 Å². The summed E-state index contributed by atoms with van der Waals surface area (Å²) in [6.07, 6.45) is 1.83. The Balaban J connectivity index is 2.22. The Morgan fingerprint density at radius 1 is 1.41 bits per heavy atom. The lowest BCUT2D eigenvalue weighted by molar-refractivity contribution is 0.101. The average Bonchev–Trinajstić information content (AvgIpc) is 2.68. The highest BCUT2D eigenvalue weighted by Gasteiger charge is 2.10. The van der Waals surface area contributed by atoms with E-state index < -0.39 is 0 Å². The molecule has 0 saturated heterocycles. The van der Waals surface area contributed by atoms with E-state index in [9.17, 15) is 4.79 Å². The van der Waals surface area contributed by atoms with Gasteiger partial charge < -0.3 is 9.88 Å². The molecular formula is C12H10BrClN2O. The molecule has 0 aliphatic carbocycles. The molecule has 0 bridgehead atoms. The number of aromatic nitrogens is 1. The molecule has 0 fully saturated rings. The van der Waals surface area contributed by atoms with Crippen LogP contribution in [0.25, 0.3) is 0 Å². The first-order valence-electron chi connectivity index (χ1n) is 4.95. The highest BCUT2D eigenvalue weighted by Crippen LogP contribution is 2.26. The predicted molar refractivity (Wildman–Crippen MR) is 72.5 cm³/mol. The summed E-state index contributed by atoms with van der Waals surface area (Å²) in [6.45, 7) is 0. The second-order valence-electron chi connectivity index (χ2n) is 3.58. The second-order valence-corrected chi connectivity index (χ2v) is 4.87. The van der Waals surface area contributed by atoms with Crippen molar-refractivity contribution in [2.75, 3.05) is 5.32 Å². The lowest BCUT2D eigenvalue weighted by Gasteiger charge is -2.08. The number of benzene rings is 1. The summed E-state index contributed by atoms with van der Waals surface area (Å²) in [5.74, 6) is -0.152. The number of amides is 1. The van der Waals surface area contributed by atoms with Gasteiger partial charge in [-0.15, -0.1) is 0 Å². The van der Waals surface area contributed by atoms with E-state index in [4.69, 9.17) is 11.6 Å². The van der Waals surface area contributed by atoms with Crippen molar-refractivity contribution >= 4 is 39.1 Å². The van der Waals surface area contributed by atoms with E-state index >= 15 is 0 Å². The van der Waals surface area contributed by atoms with Crippen molar-refractivity contribution in [2.45, 2.75) is 0 Å². The van der Waals surface area contributed by atoms with E-state index in [2.05, 4.69) is 21.2 Å². The van der Waals surface area contributed by atoms with E-state index in [1.807, 2.05) is 19.3 Å². The number of carbonyl (C=O) groups excluding carboxylic acids is 1. The summed E-state index contributed by atoms with van der Waals surface area (Å²) in [4.78, 5) is 11.9. The number of nitrogens with one attached hydrogen (secondary N) is 1. The number of halogens is 2. The van der Waals surface area contributed by atoms with E-state index in [0.29, 0.717) is 16.4 Å². The number of rotatable bonds is 2. The molecule has 0 aliphatic rings. The maximum atomic E-state index is 11.9. The maximum Gasteiger partial charge on any atom is 0.272 e. The highest BCUT2D eigenvalue weighted by molar-refractivity contribution is 9.10. The van der Waals surface area contributed by atoms with E-state index in [1.54, 1.807) is 28.8 Å². The average molecular weight is 314 g/mol. The summed E-state index contributed by atoms with van der Waals surface area (Å²) in [7, 11) is 1.83. The molecule has 3 nitrogen and oxygen atoms in total. The second kappa shape index (κ2) is 4.94. The van der Waals surface area contributed by atoms with Crippen LogP contribution >= 0.6 is 27.5 Å². The van der Waals surface area contributed by atoms with E-state index in [-0.39, 0.29) is 5.91 Å². The molecule has 88 valence electrons. The van der Waals surface area contributed by atoms with Gasteiger partial charge in [0.05, 0.1) is 5.69 Å². The lowest BCUT2D eigenvalue weighted by atomic mass is 10.3. The van der Waals surface area contributed by atoms with Gasteiger partial charge in [0.15, 0.2) is 0 Å². The monoisotopic (exact) mass is 312 g/mol. The summed E-state index contributed by atoms with van der Waals surface area (Å²) in [6, 6.07) is 8.81. The highest BCUT2D eigenvalue weighted by atomic mass is 79.9. The van der Waals surface area contributed by atoms with Gasteiger partial charge in [-0.05, 0) is 46.3 Å². The first kappa shape index (κ1) is 12.2. The van der Waals surface area contributed by atoms with Gasteiger partial charge in [0.25, 0.3) is 5.91 Å². The molecule has 0 atom stereocenters. The van der Waals surface area contributed by atoms with Gasteiger partial charge in [-0.25, -0.2) is 0 Å². The smallest absolute Gasteiger partial charge is 0.272 e. The topological polar surface area (TPSA) is 34.0 Å². The van der Waals surface area contributed by atoms with Crippen LogP contribution in [-0.2, 0) is 7.05 Å². The van der Waals surface area contributed by atoms with Crippen molar-refractivity contribution in [2.24, 2.45) is 7.05 Å². The Morgan fingerprint density at radius 3 is 2.76 bits per heavy atom. The Kier molecular flexibility index (Phi) is 3.54. The van der Waals surface area contributed by atoms with Crippen molar-refractivity contribution in [1.82, 2.24) is 4.57 Å². The van der Waals surface area contributed by atoms with Gasteiger partial charge in [-0.3, -0.25) is 4.79 Å². The van der Waals surface area contributed by atoms with Crippen LogP contribution in [0, 0.1) is 0 Å². The molecule has 1 amide bonds. The molecule has 17 heavy (non-hydrogen) atoms.